The van der Waals surface area contributed by atoms with Crippen molar-refractivity contribution in [1.29, 1.82) is 0 Å². The normalized spacial score (nSPS) is 26.5. The van der Waals surface area contributed by atoms with E-state index in [1.165, 1.54) is 12.2 Å². The molecule has 2 heteroatoms. The van der Waals surface area contributed by atoms with Gasteiger partial charge in [-0.05, 0) is 31.1 Å². The molecule has 1 saturated heterocycles. The first-order valence-electron chi connectivity index (χ1n) is 5.90. The molecule has 0 unspecified atom stereocenters. The Labute approximate surface area is 98.3 Å². The van der Waals surface area contributed by atoms with Crippen LogP contribution >= 0.6 is 11.8 Å². The molecule has 0 N–H and O–H groups in total. The van der Waals surface area contributed by atoms with Gasteiger partial charge < -0.3 is 4.74 Å². The highest BCUT2D eigenvalue weighted by atomic mass is 32.2. The Morgan fingerprint density at radius 2 is 2.27 bits per heavy atom. The van der Waals surface area contributed by atoms with Crippen LogP contribution in [0, 0.1) is 24.2 Å². The first-order valence-corrected chi connectivity index (χ1v) is 6.95. The number of hydrogen-bond donors (Lipinski definition) is 0. The summed E-state index contributed by atoms with van der Waals surface area (Å²) in [4.78, 5) is 0. The molecule has 0 radical (unpaired) electrons. The molecule has 0 amide bonds. The van der Waals surface area contributed by atoms with Gasteiger partial charge in [-0.25, -0.2) is 0 Å². The SMILES string of the molecule is C#CCCCC[C@@H]1OC[C@H](C(C)C)CS1. The summed E-state index contributed by atoms with van der Waals surface area (Å²) < 4.78 is 5.84. The number of unbranched alkanes of at least 4 members (excludes halogenated alkanes) is 2. The van der Waals surface area contributed by atoms with Crippen LogP contribution in [0.4, 0.5) is 0 Å². The quantitative estimate of drug-likeness (QED) is 0.524. The van der Waals surface area contributed by atoms with Gasteiger partial charge in [0.05, 0.1) is 6.61 Å². The number of terminal acetylenes is 1. The highest BCUT2D eigenvalue weighted by Crippen LogP contribution is 2.30. The summed E-state index contributed by atoms with van der Waals surface area (Å²) in [6.45, 7) is 5.51. The van der Waals surface area contributed by atoms with Crippen LogP contribution in [-0.2, 0) is 4.74 Å². The zero-order valence-corrected chi connectivity index (χ0v) is 10.7. The molecular formula is C13H22OS. The van der Waals surface area contributed by atoms with Crippen molar-refractivity contribution in [3.8, 4) is 12.3 Å². The molecule has 15 heavy (non-hydrogen) atoms. The Morgan fingerprint density at radius 3 is 2.80 bits per heavy atom. The molecule has 0 aromatic rings. The first-order chi connectivity index (χ1) is 7.24. The van der Waals surface area contributed by atoms with Gasteiger partial charge in [0.25, 0.3) is 0 Å². The zero-order chi connectivity index (χ0) is 11.1. The Morgan fingerprint density at radius 1 is 1.47 bits per heavy atom. The third-order valence-electron chi connectivity index (χ3n) is 2.95. The van der Waals surface area contributed by atoms with E-state index in [9.17, 15) is 0 Å². The maximum absolute atomic E-state index is 5.84. The van der Waals surface area contributed by atoms with Crippen molar-refractivity contribution in [2.45, 2.75) is 45.0 Å². The van der Waals surface area contributed by atoms with Crippen LogP contribution in [0.15, 0.2) is 0 Å². The molecule has 2 atom stereocenters. The molecule has 1 aliphatic rings. The maximum atomic E-state index is 5.84. The molecule has 0 spiro atoms. The molecule has 1 heterocycles. The van der Waals surface area contributed by atoms with Gasteiger partial charge in [0, 0.05) is 12.2 Å². The highest BCUT2D eigenvalue weighted by molar-refractivity contribution is 7.99. The van der Waals surface area contributed by atoms with Crippen molar-refractivity contribution in [2.24, 2.45) is 11.8 Å². The summed E-state index contributed by atoms with van der Waals surface area (Å²) in [5.74, 6) is 5.44. The molecule has 0 aliphatic carbocycles. The van der Waals surface area contributed by atoms with Crippen molar-refractivity contribution < 1.29 is 4.74 Å². The lowest BCUT2D eigenvalue weighted by Crippen LogP contribution is -2.28. The Bertz CT molecular complexity index is 199. The van der Waals surface area contributed by atoms with Crippen LogP contribution in [-0.4, -0.2) is 17.8 Å². The summed E-state index contributed by atoms with van der Waals surface area (Å²) in [6.07, 6.45) is 9.63. The summed E-state index contributed by atoms with van der Waals surface area (Å²) in [6, 6.07) is 0. The number of hydrogen-bond acceptors (Lipinski definition) is 2. The van der Waals surface area contributed by atoms with E-state index in [1.54, 1.807) is 0 Å². The molecule has 1 rings (SSSR count). The summed E-state index contributed by atoms with van der Waals surface area (Å²) in [5, 5.41) is 0. The Hall–Kier alpha value is -0.130. The van der Waals surface area contributed by atoms with E-state index < -0.39 is 0 Å². The molecule has 1 nitrogen and oxygen atoms in total. The van der Waals surface area contributed by atoms with Crippen LogP contribution in [0.5, 0.6) is 0 Å². The second-order valence-electron chi connectivity index (χ2n) is 4.55. The predicted octanol–water partition coefficient (Wildman–Crippen LogP) is 3.54. The molecule has 0 aromatic carbocycles. The van der Waals surface area contributed by atoms with Crippen molar-refractivity contribution in [1.82, 2.24) is 0 Å². The lowest BCUT2D eigenvalue weighted by molar-refractivity contribution is 0.0575. The minimum absolute atomic E-state index is 0.428. The van der Waals surface area contributed by atoms with Crippen molar-refractivity contribution >= 4 is 11.8 Å². The van der Waals surface area contributed by atoms with Gasteiger partial charge in [0.2, 0.25) is 0 Å². The van der Waals surface area contributed by atoms with Gasteiger partial charge in [0.1, 0.15) is 5.44 Å². The smallest absolute Gasteiger partial charge is 0.103 e. The number of thioether (sulfide) groups is 1. The van der Waals surface area contributed by atoms with Crippen LogP contribution in [0.25, 0.3) is 0 Å². The van der Waals surface area contributed by atoms with Gasteiger partial charge in [-0.1, -0.05) is 13.8 Å². The van der Waals surface area contributed by atoms with E-state index in [2.05, 4.69) is 19.8 Å². The minimum atomic E-state index is 0.428. The van der Waals surface area contributed by atoms with Gasteiger partial charge in [-0.3, -0.25) is 0 Å². The largest absolute Gasteiger partial charge is 0.367 e. The highest BCUT2D eigenvalue weighted by Gasteiger charge is 2.23. The van der Waals surface area contributed by atoms with Crippen LogP contribution in [0.1, 0.15) is 39.5 Å². The summed E-state index contributed by atoms with van der Waals surface area (Å²) in [5.41, 5.74) is 0.428. The summed E-state index contributed by atoms with van der Waals surface area (Å²) in [7, 11) is 0. The van der Waals surface area contributed by atoms with Crippen LogP contribution < -0.4 is 0 Å². The van der Waals surface area contributed by atoms with Crippen LogP contribution in [0.3, 0.4) is 0 Å². The third-order valence-corrected chi connectivity index (χ3v) is 4.31. The lowest BCUT2D eigenvalue weighted by atomic mass is 9.99. The third kappa shape index (κ3) is 4.95. The van der Waals surface area contributed by atoms with Gasteiger partial charge in [-0.15, -0.1) is 24.1 Å². The predicted molar refractivity (Wildman–Crippen MR) is 67.8 cm³/mol. The van der Waals surface area contributed by atoms with Gasteiger partial charge >= 0.3 is 0 Å². The topological polar surface area (TPSA) is 9.23 Å². The maximum Gasteiger partial charge on any atom is 0.103 e. The van der Waals surface area contributed by atoms with Gasteiger partial charge in [0.15, 0.2) is 0 Å². The average molecular weight is 226 g/mol. The van der Waals surface area contributed by atoms with E-state index in [-0.39, 0.29) is 0 Å². The van der Waals surface area contributed by atoms with E-state index >= 15 is 0 Å². The average Bonchev–Trinajstić information content (AvgIpc) is 2.25. The molecule has 86 valence electrons. The molecule has 1 aliphatic heterocycles. The fourth-order valence-corrected chi connectivity index (χ4v) is 3.10. The molecule has 1 fully saturated rings. The fourth-order valence-electron chi connectivity index (χ4n) is 1.65. The Balaban J connectivity index is 2.07. The van der Waals surface area contributed by atoms with E-state index in [1.807, 2.05) is 11.8 Å². The number of ether oxygens (including phenoxy) is 1. The van der Waals surface area contributed by atoms with E-state index in [0.29, 0.717) is 5.44 Å². The monoisotopic (exact) mass is 226 g/mol. The van der Waals surface area contributed by atoms with Gasteiger partial charge in [-0.2, -0.15) is 0 Å². The van der Waals surface area contributed by atoms with Crippen molar-refractivity contribution in [3.63, 3.8) is 0 Å². The minimum Gasteiger partial charge on any atom is -0.367 e. The lowest BCUT2D eigenvalue weighted by Gasteiger charge is -2.30. The molecule has 0 saturated carbocycles. The molecule has 0 aromatic heterocycles. The van der Waals surface area contributed by atoms with Crippen molar-refractivity contribution in [2.75, 3.05) is 12.4 Å². The second kappa shape index (κ2) is 7.19. The van der Waals surface area contributed by atoms with Crippen molar-refractivity contribution in [3.05, 3.63) is 0 Å². The van der Waals surface area contributed by atoms with Crippen LogP contribution in [0.2, 0.25) is 0 Å². The molecular weight excluding hydrogens is 204 g/mol. The fraction of sp³-hybridized carbons (Fsp3) is 0.846. The van der Waals surface area contributed by atoms with E-state index in [0.717, 1.165) is 37.7 Å². The van der Waals surface area contributed by atoms with E-state index in [4.69, 9.17) is 11.2 Å². The molecule has 0 bridgehead atoms. The number of rotatable bonds is 5. The first kappa shape index (κ1) is 12.9. The summed E-state index contributed by atoms with van der Waals surface area (Å²) >= 11 is 1.98. The Kier molecular flexibility index (Phi) is 6.20. The standard InChI is InChI=1S/C13H22OS/c1-4-5-6-7-8-13-14-9-12(10-15-13)11(2)3/h1,11-13H,5-10H2,2-3H3/t12-,13+/m0/s1. The second-order valence-corrected chi connectivity index (χ2v) is 5.74. The zero-order valence-electron chi connectivity index (χ0n) is 9.87.